The van der Waals surface area contributed by atoms with E-state index in [1.54, 1.807) is 30.0 Å². The Morgan fingerprint density at radius 1 is 1.14 bits per heavy atom. The average molecular weight is 409 g/mol. The molecule has 0 spiro atoms. The van der Waals surface area contributed by atoms with Gasteiger partial charge in [0, 0.05) is 12.1 Å². The Balaban J connectivity index is 1.79. The maximum Gasteiger partial charge on any atom is 0.329 e. The molecule has 0 aliphatic rings. The number of aromatic nitrogens is 4. The van der Waals surface area contributed by atoms with E-state index >= 15 is 0 Å². The highest BCUT2D eigenvalue weighted by atomic mass is 35.5. The summed E-state index contributed by atoms with van der Waals surface area (Å²) in [4.78, 5) is 31.2. The van der Waals surface area contributed by atoms with Gasteiger partial charge >= 0.3 is 5.69 Å². The normalized spacial score (nSPS) is 11.4. The van der Waals surface area contributed by atoms with Gasteiger partial charge < -0.3 is 0 Å². The fourth-order valence-corrected chi connectivity index (χ4v) is 3.08. The number of rotatable bonds is 5. The quantitative estimate of drug-likeness (QED) is 0.392. The van der Waals surface area contributed by atoms with Crippen molar-refractivity contribution in [1.29, 1.82) is 0 Å². The van der Waals surface area contributed by atoms with Crippen LogP contribution in [0.25, 0.3) is 11.2 Å². The van der Waals surface area contributed by atoms with Crippen LogP contribution in [0.15, 0.2) is 69.3 Å². The number of nitrogens with zero attached hydrogens (tertiary/aromatic N) is 4. The Hall–Kier alpha value is -3.65. The zero-order valence-corrected chi connectivity index (χ0v) is 16.2. The molecule has 146 valence electrons. The van der Waals surface area contributed by atoms with Crippen LogP contribution in [-0.2, 0) is 13.6 Å². The van der Waals surface area contributed by atoms with Crippen LogP contribution in [0.5, 0.6) is 0 Å². The lowest BCUT2D eigenvalue weighted by Gasteiger charge is -2.08. The van der Waals surface area contributed by atoms with Gasteiger partial charge in [-0.15, -0.1) is 0 Å². The van der Waals surface area contributed by atoms with Crippen molar-refractivity contribution in [2.24, 2.45) is 12.1 Å². The van der Waals surface area contributed by atoms with Gasteiger partial charge in [0.05, 0.1) is 12.8 Å². The molecule has 4 aromatic rings. The maximum absolute atomic E-state index is 12.5. The molecule has 0 saturated carbocycles. The Labute approximate surface area is 170 Å². The summed E-state index contributed by atoms with van der Waals surface area (Å²) in [6.45, 7) is 0.345. The first-order chi connectivity index (χ1) is 14.0. The number of hydrogen-bond donors (Lipinski definition) is 2. The Morgan fingerprint density at radius 2 is 1.86 bits per heavy atom. The van der Waals surface area contributed by atoms with Crippen molar-refractivity contribution >= 4 is 34.9 Å². The van der Waals surface area contributed by atoms with Crippen LogP contribution in [0.4, 0.5) is 5.95 Å². The van der Waals surface area contributed by atoms with Gasteiger partial charge in [-0.3, -0.25) is 18.9 Å². The summed E-state index contributed by atoms with van der Waals surface area (Å²) in [5, 5.41) is 4.85. The standard InChI is InChI=1S/C20H17ClN6O2/c1-26-17-16(18(28)24-20(26)29)27(12-14-7-9-15(21)10-8-14)19(23-17)25-22-11-13-5-3-2-4-6-13/h2-11H,12H2,1H3,(H,23,25)(H,24,28,29)/b22-11+. The van der Waals surface area contributed by atoms with E-state index < -0.39 is 11.2 Å². The maximum atomic E-state index is 12.5. The van der Waals surface area contributed by atoms with E-state index in [0.29, 0.717) is 17.5 Å². The minimum absolute atomic E-state index is 0.269. The molecule has 9 heteroatoms. The number of aryl methyl sites for hydroxylation is 1. The Kier molecular flexibility index (Phi) is 5.01. The minimum Gasteiger partial charge on any atom is -0.298 e. The molecule has 0 saturated heterocycles. The van der Waals surface area contributed by atoms with E-state index in [1.807, 2.05) is 42.5 Å². The number of hydrazone groups is 1. The van der Waals surface area contributed by atoms with Crippen molar-refractivity contribution in [2.75, 3.05) is 5.43 Å². The number of hydrogen-bond acceptors (Lipinski definition) is 5. The van der Waals surface area contributed by atoms with Crippen LogP contribution >= 0.6 is 11.6 Å². The molecule has 0 amide bonds. The van der Waals surface area contributed by atoms with Crippen LogP contribution in [0, 0.1) is 0 Å². The highest BCUT2D eigenvalue weighted by Gasteiger charge is 2.17. The molecule has 2 aromatic carbocycles. The Morgan fingerprint density at radius 3 is 2.59 bits per heavy atom. The van der Waals surface area contributed by atoms with Crippen LogP contribution in [0.3, 0.4) is 0 Å². The van der Waals surface area contributed by atoms with Gasteiger partial charge in [0.15, 0.2) is 11.2 Å². The molecule has 0 bridgehead atoms. The van der Waals surface area contributed by atoms with E-state index in [2.05, 4.69) is 20.5 Å². The summed E-state index contributed by atoms with van der Waals surface area (Å²) in [6, 6.07) is 16.8. The van der Waals surface area contributed by atoms with E-state index in [1.165, 1.54) is 4.57 Å². The molecule has 4 rings (SSSR count). The largest absolute Gasteiger partial charge is 0.329 e. The zero-order chi connectivity index (χ0) is 20.4. The molecule has 29 heavy (non-hydrogen) atoms. The number of H-pyrrole nitrogens is 1. The molecular formula is C20H17ClN6O2. The van der Waals surface area contributed by atoms with Crippen molar-refractivity contribution in [1.82, 2.24) is 19.1 Å². The number of benzene rings is 2. The van der Waals surface area contributed by atoms with Gasteiger partial charge in [-0.2, -0.15) is 10.1 Å². The fraction of sp³-hybridized carbons (Fsp3) is 0.100. The number of halogens is 1. The number of nitrogens with one attached hydrogen (secondary N) is 2. The molecule has 0 aliphatic carbocycles. The van der Waals surface area contributed by atoms with Gasteiger partial charge in [-0.1, -0.05) is 54.1 Å². The van der Waals surface area contributed by atoms with Crippen molar-refractivity contribution in [3.63, 3.8) is 0 Å². The Bertz CT molecular complexity index is 1300. The first-order valence-corrected chi connectivity index (χ1v) is 9.19. The molecular weight excluding hydrogens is 392 g/mol. The fourth-order valence-electron chi connectivity index (χ4n) is 2.95. The van der Waals surface area contributed by atoms with Crippen molar-refractivity contribution in [3.05, 3.63) is 91.6 Å². The third-order valence-electron chi connectivity index (χ3n) is 4.44. The number of imidazole rings is 1. The van der Waals surface area contributed by atoms with Gasteiger partial charge in [-0.05, 0) is 23.3 Å². The molecule has 0 fully saturated rings. The first kappa shape index (κ1) is 18.7. The molecule has 0 radical (unpaired) electrons. The number of anilines is 1. The van der Waals surface area contributed by atoms with Crippen LogP contribution in [0.1, 0.15) is 11.1 Å². The van der Waals surface area contributed by atoms with Crippen molar-refractivity contribution in [3.8, 4) is 0 Å². The third kappa shape index (κ3) is 3.83. The third-order valence-corrected chi connectivity index (χ3v) is 4.69. The smallest absolute Gasteiger partial charge is 0.298 e. The zero-order valence-electron chi connectivity index (χ0n) is 15.5. The minimum atomic E-state index is -0.530. The van der Waals surface area contributed by atoms with Gasteiger partial charge in [0.25, 0.3) is 5.56 Å². The number of fused-ring (bicyclic) bond motifs is 1. The summed E-state index contributed by atoms with van der Waals surface area (Å²) in [7, 11) is 1.55. The van der Waals surface area contributed by atoms with E-state index in [0.717, 1.165) is 11.1 Å². The lowest BCUT2D eigenvalue weighted by Crippen LogP contribution is -2.29. The van der Waals surface area contributed by atoms with E-state index in [9.17, 15) is 9.59 Å². The van der Waals surface area contributed by atoms with Gasteiger partial charge in [0.2, 0.25) is 5.95 Å². The van der Waals surface area contributed by atoms with E-state index in [-0.39, 0.29) is 11.2 Å². The lowest BCUT2D eigenvalue weighted by atomic mass is 10.2. The molecule has 0 atom stereocenters. The highest BCUT2D eigenvalue weighted by molar-refractivity contribution is 6.30. The van der Waals surface area contributed by atoms with E-state index in [4.69, 9.17) is 11.6 Å². The first-order valence-electron chi connectivity index (χ1n) is 8.81. The topological polar surface area (TPSA) is 97.1 Å². The second-order valence-corrected chi connectivity index (χ2v) is 6.86. The molecule has 2 aromatic heterocycles. The average Bonchev–Trinajstić information content (AvgIpc) is 3.08. The van der Waals surface area contributed by atoms with Crippen LogP contribution < -0.4 is 16.7 Å². The van der Waals surface area contributed by atoms with Gasteiger partial charge in [-0.25, -0.2) is 10.2 Å². The summed E-state index contributed by atoms with van der Waals surface area (Å²) >= 11 is 5.97. The molecule has 0 unspecified atom stereocenters. The summed E-state index contributed by atoms with van der Waals surface area (Å²) in [5.74, 6) is 0.342. The monoisotopic (exact) mass is 408 g/mol. The molecule has 8 nitrogen and oxygen atoms in total. The second-order valence-electron chi connectivity index (χ2n) is 6.42. The lowest BCUT2D eigenvalue weighted by molar-refractivity contribution is 0.808. The molecule has 2 heterocycles. The predicted octanol–water partition coefficient (Wildman–Crippen LogP) is 2.57. The SMILES string of the molecule is Cn1c(=O)[nH]c(=O)c2c1nc(N/N=C/c1ccccc1)n2Cc1ccc(Cl)cc1. The second kappa shape index (κ2) is 7.76. The molecule has 0 aliphatic heterocycles. The van der Waals surface area contributed by atoms with Crippen LogP contribution in [0.2, 0.25) is 5.02 Å². The molecule has 2 N–H and O–H groups in total. The summed E-state index contributed by atoms with van der Waals surface area (Å²) < 4.78 is 2.97. The summed E-state index contributed by atoms with van der Waals surface area (Å²) in [6.07, 6.45) is 1.65. The summed E-state index contributed by atoms with van der Waals surface area (Å²) in [5.41, 5.74) is 4.21. The van der Waals surface area contributed by atoms with Crippen LogP contribution in [-0.4, -0.2) is 25.3 Å². The van der Waals surface area contributed by atoms with Crippen molar-refractivity contribution in [2.45, 2.75) is 6.54 Å². The van der Waals surface area contributed by atoms with Crippen molar-refractivity contribution < 1.29 is 0 Å². The predicted molar refractivity (Wildman–Crippen MR) is 114 cm³/mol. The number of aromatic amines is 1. The van der Waals surface area contributed by atoms with Gasteiger partial charge in [0.1, 0.15) is 0 Å². The highest BCUT2D eigenvalue weighted by Crippen LogP contribution is 2.19.